The number of hydrogen-bond donors (Lipinski definition) is 1. The molecule has 4 nitrogen and oxygen atoms in total. The van der Waals surface area contributed by atoms with Gasteiger partial charge >= 0.3 is 6.36 Å². The van der Waals surface area contributed by atoms with Crippen LogP contribution in [0.15, 0.2) is 22.6 Å². The average molecular weight is 351 g/mol. The van der Waals surface area contributed by atoms with Gasteiger partial charge in [-0.25, -0.2) is 4.21 Å². The lowest BCUT2D eigenvalue weighted by molar-refractivity contribution is -0.275. The number of aryl methyl sites for hydroxylation is 1. The minimum atomic E-state index is -4.86. The first-order valence-electron chi connectivity index (χ1n) is 6.92. The van der Waals surface area contributed by atoms with E-state index < -0.39 is 33.6 Å². The van der Waals surface area contributed by atoms with Crippen LogP contribution in [-0.2, 0) is 17.4 Å². The third kappa shape index (κ3) is 7.02. The average Bonchev–Trinajstić information content (AvgIpc) is 2.37. The number of ether oxygens (including phenoxy) is 1. The van der Waals surface area contributed by atoms with Gasteiger partial charge in [0.2, 0.25) is 0 Å². The van der Waals surface area contributed by atoms with E-state index >= 15 is 0 Å². The van der Waals surface area contributed by atoms with Crippen molar-refractivity contribution in [3.8, 4) is 11.5 Å². The third-order valence-electron chi connectivity index (χ3n) is 2.79. The fourth-order valence-corrected chi connectivity index (χ4v) is 2.22. The zero-order valence-electron chi connectivity index (χ0n) is 13.4. The van der Waals surface area contributed by atoms with E-state index in [4.69, 9.17) is 0 Å². The van der Waals surface area contributed by atoms with E-state index in [1.165, 1.54) is 6.07 Å². The molecule has 0 amide bonds. The van der Waals surface area contributed by atoms with Crippen molar-refractivity contribution in [1.29, 1.82) is 0 Å². The number of phenolic OH excluding ortho intramolecular Hbond substituents is 1. The van der Waals surface area contributed by atoms with Crippen molar-refractivity contribution in [1.82, 2.24) is 0 Å². The summed E-state index contributed by atoms with van der Waals surface area (Å²) in [5, 5.41) is 9.40. The zero-order chi connectivity index (χ0) is 17.8. The molecule has 0 aliphatic heterocycles. The molecule has 0 saturated carbocycles. The Bertz CT molecular complexity index is 607. The summed E-state index contributed by atoms with van der Waals surface area (Å²) in [5.74, 6) is -1.21. The van der Waals surface area contributed by atoms with Crippen molar-refractivity contribution in [2.24, 2.45) is 4.40 Å². The second-order valence-electron chi connectivity index (χ2n) is 6.04. The lowest BCUT2D eigenvalue weighted by Crippen LogP contribution is -2.20. The minimum Gasteiger partial charge on any atom is -0.504 e. The number of nitrogens with zero attached hydrogens (tertiary/aromatic N) is 1. The summed E-state index contributed by atoms with van der Waals surface area (Å²) in [6, 6.07) is 3.79. The SMILES string of the molecule is C/C(CCc1ccc(O)c(OC(F)(F)F)c1)=N\S(=O)C(C)(C)C. The molecule has 0 bridgehead atoms. The van der Waals surface area contributed by atoms with Crippen molar-refractivity contribution in [3.63, 3.8) is 0 Å². The van der Waals surface area contributed by atoms with Crippen molar-refractivity contribution in [3.05, 3.63) is 23.8 Å². The van der Waals surface area contributed by atoms with Crippen LogP contribution in [0.2, 0.25) is 0 Å². The van der Waals surface area contributed by atoms with E-state index in [-0.39, 0.29) is 0 Å². The topological polar surface area (TPSA) is 58.9 Å². The van der Waals surface area contributed by atoms with Gasteiger partial charge in [0.15, 0.2) is 11.5 Å². The summed E-state index contributed by atoms with van der Waals surface area (Å²) in [6.45, 7) is 7.14. The number of alkyl halides is 3. The summed E-state index contributed by atoms with van der Waals surface area (Å²) >= 11 is 0. The highest BCUT2D eigenvalue weighted by atomic mass is 32.2. The largest absolute Gasteiger partial charge is 0.573 e. The monoisotopic (exact) mass is 351 g/mol. The Morgan fingerprint density at radius 2 is 1.91 bits per heavy atom. The van der Waals surface area contributed by atoms with Gasteiger partial charge in [0.25, 0.3) is 0 Å². The van der Waals surface area contributed by atoms with Crippen LogP contribution in [0.5, 0.6) is 11.5 Å². The highest BCUT2D eigenvalue weighted by molar-refractivity contribution is 7.85. The van der Waals surface area contributed by atoms with Crippen molar-refractivity contribution in [2.45, 2.75) is 51.6 Å². The van der Waals surface area contributed by atoms with E-state index in [9.17, 15) is 22.5 Å². The van der Waals surface area contributed by atoms with E-state index in [1.807, 2.05) is 0 Å². The second-order valence-corrected chi connectivity index (χ2v) is 7.94. The van der Waals surface area contributed by atoms with Crippen molar-refractivity contribution < 1.29 is 27.2 Å². The Morgan fingerprint density at radius 3 is 2.43 bits per heavy atom. The molecule has 8 heteroatoms. The Kier molecular flexibility index (Phi) is 6.21. The Labute approximate surface area is 136 Å². The van der Waals surface area contributed by atoms with Gasteiger partial charge in [-0.3, -0.25) is 0 Å². The molecule has 1 aromatic rings. The van der Waals surface area contributed by atoms with Crippen LogP contribution >= 0.6 is 0 Å². The molecule has 0 aliphatic carbocycles. The standard InChI is InChI=1S/C15H20F3NO3S/c1-10(19-23(21)14(2,3)4)5-6-11-7-8-12(20)13(9-11)22-15(16,17)18/h7-9,20H,5-6H2,1-4H3/b19-10+. The molecule has 1 unspecified atom stereocenters. The molecule has 1 N–H and O–H groups in total. The number of hydrogen-bond acceptors (Lipinski definition) is 3. The highest BCUT2D eigenvalue weighted by Gasteiger charge is 2.32. The molecule has 0 fully saturated rings. The van der Waals surface area contributed by atoms with E-state index in [0.717, 1.165) is 12.1 Å². The smallest absolute Gasteiger partial charge is 0.504 e. The maximum atomic E-state index is 12.2. The van der Waals surface area contributed by atoms with Gasteiger partial charge in [-0.2, -0.15) is 4.40 Å². The fourth-order valence-electron chi connectivity index (χ4n) is 1.57. The number of phenols is 1. The molecule has 1 rings (SSSR count). The lowest BCUT2D eigenvalue weighted by atomic mass is 10.1. The van der Waals surface area contributed by atoms with Crippen LogP contribution in [0, 0.1) is 0 Å². The Morgan fingerprint density at radius 1 is 1.30 bits per heavy atom. The fraction of sp³-hybridized carbons (Fsp3) is 0.533. The normalized spacial score (nSPS) is 14.7. The highest BCUT2D eigenvalue weighted by Crippen LogP contribution is 2.32. The Hall–Kier alpha value is -1.57. The number of benzene rings is 1. The van der Waals surface area contributed by atoms with Crippen molar-refractivity contribution in [2.75, 3.05) is 0 Å². The molecule has 0 spiro atoms. The van der Waals surface area contributed by atoms with Crippen LogP contribution in [0.25, 0.3) is 0 Å². The summed E-state index contributed by atoms with van der Waals surface area (Å²) in [7, 11) is -1.37. The van der Waals surface area contributed by atoms with E-state index in [2.05, 4.69) is 9.13 Å². The third-order valence-corrected chi connectivity index (χ3v) is 4.31. The second kappa shape index (κ2) is 7.33. The predicted octanol–water partition coefficient (Wildman–Crippen LogP) is 4.15. The number of halogens is 3. The minimum absolute atomic E-state index is 0.394. The lowest BCUT2D eigenvalue weighted by Gasteiger charge is -2.14. The number of rotatable bonds is 5. The van der Waals surface area contributed by atoms with E-state index in [0.29, 0.717) is 24.1 Å². The van der Waals surface area contributed by atoms with Crippen LogP contribution in [0.3, 0.4) is 0 Å². The maximum Gasteiger partial charge on any atom is 0.573 e. The van der Waals surface area contributed by atoms with Gasteiger partial charge in [0.1, 0.15) is 11.0 Å². The predicted molar refractivity (Wildman–Crippen MR) is 84.1 cm³/mol. The van der Waals surface area contributed by atoms with Gasteiger partial charge in [-0.1, -0.05) is 6.07 Å². The molecule has 0 radical (unpaired) electrons. The first kappa shape index (κ1) is 19.5. The van der Waals surface area contributed by atoms with Crippen LogP contribution in [-0.4, -0.2) is 26.1 Å². The first-order chi connectivity index (χ1) is 10.4. The quantitative estimate of drug-likeness (QED) is 0.811. The molecular formula is C15H20F3NO3S. The van der Waals surface area contributed by atoms with Crippen LogP contribution < -0.4 is 4.74 Å². The van der Waals surface area contributed by atoms with Gasteiger partial charge in [-0.15, -0.1) is 13.2 Å². The van der Waals surface area contributed by atoms with Gasteiger partial charge in [0.05, 0.1) is 4.75 Å². The first-order valence-corrected chi connectivity index (χ1v) is 8.03. The van der Waals surface area contributed by atoms with Gasteiger partial charge in [-0.05, 0) is 58.2 Å². The Balaban J connectivity index is 2.77. The molecule has 23 heavy (non-hydrogen) atoms. The van der Waals surface area contributed by atoms with E-state index in [1.54, 1.807) is 27.7 Å². The maximum absolute atomic E-state index is 12.2. The van der Waals surface area contributed by atoms with Crippen LogP contribution in [0.1, 0.15) is 39.7 Å². The molecular weight excluding hydrogens is 331 g/mol. The molecule has 0 saturated heterocycles. The molecule has 1 aromatic carbocycles. The zero-order valence-corrected chi connectivity index (χ0v) is 14.2. The molecule has 130 valence electrons. The molecule has 1 atom stereocenters. The molecule has 0 aromatic heterocycles. The molecule has 0 aliphatic rings. The van der Waals surface area contributed by atoms with Crippen molar-refractivity contribution >= 4 is 16.7 Å². The van der Waals surface area contributed by atoms with Crippen LogP contribution in [0.4, 0.5) is 13.2 Å². The number of aromatic hydroxyl groups is 1. The summed E-state index contributed by atoms with van der Waals surface area (Å²) in [5.41, 5.74) is 1.20. The summed E-state index contributed by atoms with van der Waals surface area (Å²) in [4.78, 5) is 0. The summed E-state index contributed by atoms with van der Waals surface area (Å²) < 4.78 is 56.0. The van der Waals surface area contributed by atoms with Gasteiger partial charge < -0.3 is 9.84 Å². The molecule has 0 heterocycles. The summed E-state index contributed by atoms with van der Waals surface area (Å²) in [6.07, 6.45) is -4.03. The van der Waals surface area contributed by atoms with Gasteiger partial charge in [0, 0.05) is 5.71 Å².